The minimum Gasteiger partial charge on any atom is -0.315 e. The largest absolute Gasteiger partial charge is 0.315 e. The quantitative estimate of drug-likeness (QED) is 0.820. The van der Waals surface area contributed by atoms with Crippen molar-refractivity contribution in [1.82, 2.24) is 19.8 Å². The zero-order valence-electron chi connectivity index (χ0n) is 10.8. The highest BCUT2D eigenvalue weighted by Crippen LogP contribution is 2.13. The number of likely N-dealkylation sites (tertiary alicyclic amines) is 1. The lowest BCUT2D eigenvalue weighted by molar-refractivity contribution is -0.125. The lowest BCUT2D eigenvalue weighted by atomic mass is 10.3. The van der Waals surface area contributed by atoms with E-state index in [4.69, 9.17) is 0 Å². The van der Waals surface area contributed by atoms with Crippen molar-refractivity contribution in [3.05, 3.63) is 37.1 Å². The molecule has 1 aromatic heterocycles. The number of amides is 2. The number of carbonyl (C=O) groups excluding carboxylic acids is 2. The highest BCUT2D eigenvalue weighted by molar-refractivity contribution is 5.96. The van der Waals surface area contributed by atoms with Crippen LogP contribution in [0.2, 0.25) is 0 Å². The van der Waals surface area contributed by atoms with Crippen LogP contribution in [0.3, 0.4) is 0 Å². The third kappa shape index (κ3) is 3.09. The molecule has 0 unspecified atom stereocenters. The van der Waals surface area contributed by atoms with Crippen LogP contribution in [0, 0.1) is 0 Å². The molecule has 0 saturated carbocycles. The fourth-order valence-electron chi connectivity index (χ4n) is 1.74. The molecular formula is C13H16N4O2. The molecule has 1 aromatic rings. The van der Waals surface area contributed by atoms with Crippen LogP contribution in [0.25, 0.3) is 5.82 Å². The Kier molecular flexibility index (Phi) is 3.79. The zero-order chi connectivity index (χ0) is 13.8. The van der Waals surface area contributed by atoms with Gasteiger partial charge in [-0.05, 0) is 13.3 Å². The van der Waals surface area contributed by atoms with Crippen LogP contribution in [-0.4, -0.2) is 32.8 Å². The highest BCUT2D eigenvalue weighted by atomic mass is 16.2. The summed E-state index contributed by atoms with van der Waals surface area (Å²) in [6, 6.07) is 0. The fraction of sp³-hybridized carbons (Fsp3) is 0.308. The molecule has 100 valence electrons. The summed E-state index contributed by atoms with van der Waals surface area (Å²) in [5.41, 5.74) is 0.402. The van der Waals surface area contributed by atoms with Gasteiger partial charge in [0, 0.05) is 37.1 Å². The molecule has 1 aliphatic heterocycles. The van der Waals surface area contributed by atoms with Gasteiger partial charge in [-0.25, -0.2) is 4.98 Å². The van der Waals surface area contributed by atoms with Crippen molar-refractivity contribution in [1.29, 1.82) is 0 Å². The molecule has 0 radical (unpaired) electrons. The van der Waals surface area contributed by atoms with Crippen LogP contribution in [0.5, 0.6) is 0 Å². The van der Waals surface area contributed by atoms with Crippen LogP contribution in [0.1, 0.15) is 19.8 Å². The average molecular weight is 260 g/mol. The van der Waals surface area contributed by atoms with E-state index in [9.17, 15) is 9.59 Å². The predicted octanol–water partition coefficient (Wildman–Crippen LogP) is 0.954. The van der Waals surface area contributed by atoms with Crippen LogP contribution in [0.4, 0.5) is 0 Å². The van der Waals surface area contributed by atoms with Crippen LogP contribution < -0.4 is 5.32 Å². The standard InChI is InChI=1S/C13H16N4O2/c1-10(2)13(19)15-11(17-7-5-14-9-17)8-16-6-3-4-12(16)18/h5,7-9H,1,3-4,6H2,2H3,(H,15,19). The smallest absolute Gasteiger partial charge is 0.251 e. The van der Waals surface area contributed by atoms with Crippen molar-refractivity contribution in [2.75, 3.05) is 6.54 Å². The van der Waals surface area contributed by atoms with Crippen molar-refractivity contribution in [2.45, 2.75) is 19.8 Å². The molecule has 2 heterocycles. The van der Waals surface area contributed by atoms with E-state index in [0.29, 0.717) is 24.4 Å². The molecule has 0 aromatic carbocycles. The minimum atomic E-state index is -0.286. The maximum Gasteiger partial charge on any atom is 0.251 e. The minimum absolute atomic E-state index is 0.0576. The Morgan fingerprint density at radius 3 is 2.89 bits per heavy atom. The summed E-state index contributed by atoms with van der Waals surface area (Å²) in [5.74, 6) is 0.259. The maximum absolute atomic E-state index is 11.7. The maximum atomic E-state index is 11.7. The number of aromatic nitrogens is 2. The molecule has 6 heteroatoms. The first kappa shape index (κ1) is 13.1. The number of carbonyl (C=O) groups is 2. The predicted molar refractivity (Wildman–Crippen MR) is 70.4 cm³/mol. The van der Waals surface area contributed by atoms with Crippen LogP contribution >= 0.6 is 0 Å². The van der Waals surface area contributed by atoms with E-state index in [0.717, 1.165) is 6.42 Å². The molecule has 1 fully saturated rings. The number of hydrogen-bond donors (Lipinski definition) is 1. The highest BCUT2D eigenvalue weighted by Gasteiger charge is 2.19. The van der Waals surface area contributed by atoms with Crippen molar-refractivity contribution in [2.24, 2.45) is 0 Å². The van der Waals surface area contributed by atoms with Gasteiger partial charge < -0.3 is 10.2 Å². The van der Waals surface area contributed by atoms with E-state index in [1.807, 2.05) is 0 Å². The Bertz CT molecular complexity index is 531. The first-order valence-electron chi connectivity index (χ1n) is 6.04. The molecule has 2 rings (SSSR count). The van der Waals surface area contributed by atoms with E-state index in [-0.39, 0.29) is 11.8 Å². The number of hydrogen-bond acceptors (Lipinski definition) is 3. The second kappa shape index (κ2) is 5.51. The van der Waals surface area contributed by atoms with Gasteiger partial charge in [0.1, 0.15) is 12.1 Å². The Morgan fingerprint density at radius 2 is 2.37 bits per heavy atom. The Hall–Kier alpha value is -2.37. The molecule has 1 saturated heterocycles. The van der Waals surface area contributed by atoms with Gasteiger partial charge in [0.2, 0.25) is 5.91 Å². The normalized spacial score (nSPS) is 15.7. The molecule has 0 bridgehead atoms. The summed E-state index contributed by atoms with van der Waals surface area (Å²) < 4.78 is 1.65. The van der Waals surface area contributed by atoms with Crippen molar-refractivity contribution in [3.63, 3.8) is 0 Å². The Balaban J connectivity index is 2.24. The van der Waals surface area contributed by atoms with Gasteiger partial charge in [-0.2, -0.15) is 0 Å². The lowest BCUT2D eigenvalue weighted by Gasteiger charge is -2.15. The van der Waals surface area contributed by atoms with Gasteiger partial charge in [-0.1, -0.05) is 6.58 Å². The molecular weight excluding hydrogens is 244 g/mol. The van der Waals surface area contributed by atoms with E-state index in [2.05, 4.69) is 16.9 Å². The molecule has 0 spiro atoms. The third-order valence-corrected chi connectivity index (χ3v) is 2.80. The summed E-state index contributed by atoms with van der Waals surface area (Å²) in [6.07, 6.45) is 7.88. The van der Waals surface area contributed by atoms with Crippen LogP contribution in [0.15, 0.2) is 37.1 Å². The summed E-state index contributed by atoms with van der Waals surface area (Å²) in [4.78, 5) is 28.9. The van der Waals surface area contributed by atoms with Gasteiger partial charge in [0.05, 0.1) is 0 Å². The Labute approximate surface area is 111 Å². The molecule has 0 atom stereocenters. The number of rotatable bonds is 4. The van der Waals surface area contributed by atoms with Gasteiger partial charge in [-0.15, -0.1) is 0 Å². The molecule has 19 heavy (non-hydrogen) atoms. The second-order valence-corrected chi connectivity index (χ2v) is 4.41. The number of imidazole rings is 1. The molecule has 1 N–H and O–H groups in total. The van der Waals surface area contributed by atoms with Gasteiger partial charge in [-0.3, -0.25) is 14.2 Å². The summed E-state index contributed by atoms with van der Waals surface area (Å²) in [7, 11) is 0. The SMILES string of the molecule is C=C(C)C(=O)NC(=CN1CCCC1=O)n1ccnc1. The van der Waals surface area contributed by atoms with Gasteiger partial charge >= 0.3 is 0 Å². The van der Waals surface area contributed by atoms with Gasteiger partial charge in [0.25, 0.3) is 5.91 Å². The number of nitrogens with one attached hydrogen (secondary N) is 1. The average Bonchev–Trinajstić information content (AvgIpc) is 3.00. The molecule has 1 aliphatic rings. The topological polar surface area (TPSA) is 67.2 Å². The van der Waals surface area contributed by atoms with E-state index >= 15 is 0 Å². The monoisotopic (exact) mass is 260 g/mol. The Morgan fingerprint density at radius 1 is 1.58 bits per heavy atom. The molecule has 0 aliphatic carbocycles. The van der Waals surface area contributed by atoms with Crippen LogP contribution in [-0.2, 0) is 9.59 Å². The lowest BCUT2D eigenvalue weighted by Crippen LogP contribution is -2.28. The summed E-state index contributed by atoms with van der Waals surface area (Å²) in [5, 5.41) is 2.72. The third-order valence-electron chi connectivity index (χ3n) is 2.80. The van der Waals surface area contributed by atoms with Gasteiger partial charge in [0.15, 0.2) is 0 Å². The fourth-order valence-corrected chi connectivity index (χ4v) is 1.74. The van der Waals surface area contributed by atoms with Crippen molar-refractivity contribution >= 4 is 17.6 Å². The second-order valence-electron chi connectivity index (χ2n) is 4.41. The molecule has 6 nitrogen and oxygen atoms in total. The van der Waals surface area contributed by atoms with Crippen molar-refractivity contribution < 1.29 is 9.59 Å². The van der Waals surface area contributed by atoms with E-state index in [1.54, 1.807) is 41.3 Å². The van der Waals surface area contributed by atoms with Crippen molar-refractivity contribution in [3.8, 4) is 0 Å². The summed E-state index contributed by atoms with van der Waals surface area (Å²) in [6.45, 7) is 5.89. The first-order valence-corrected chi connectivity index (χ1v) is 6.04. The van der Waals surface area contributed by atoms with E-state index < -0.39 is 0 Å². The zero-order valence-corrected chi connectivity index (χ0v) is 10.8. The molecule has 2 amide bonds. The number of nitrogens with zero attached hydrogens (tertiary/aromatic N) is 3. The summed E-state index contributed by atoms with van der Waals surface area (Å²) >= 11 is 0. The van der Waals surface area contributed by atoms with E-state index in [1.165, 1.54) is 0 Å². The first-order chi connectivity index (χ1) is 9.08.